The Morgan fingerprint density at radius 1 is 0.696 bits per heavy atom. The topological polar surface area (TPSA) is 3.24 Å². The number of hydrogen-bond acceptors (Lipinski definition) is 1. The van der Waals surface area contributed by atoms with E-state index in [1.54, 1.807) is 0 Å². The summed E-state index contributed by atoms with van der Waals surface area (Å²) >= 11 is 0. The van der Waals surface area contributed by atoms with Gasteiger partial charge in [-0.3, -0.25) is 0 Å². The smallest absolute Gasteiger partial charge is 0.0582 e. The highest BCUT2D eigenvalue weighted by molar-refractivity contribution is 5.76. The van der Waals surface area contributed by atoms with Gasteiger partial charge in [-0.05, 0) is 83.1 Å². The second kappa shape index (κ2) is 13.8. The van der Waals surface area contributed by atoms with Crippen LogP contribution in [0.25, 0.3) is 5.57 Å². The van der Waals surface area contributed by atoms with Crippen molar-refractivity contribution >= 4 is 11.3 Å². The molecule has 5 atom stereocenters. The van der Waals surface area contributed by atoms with Gasteiger partial charge in [-0.15, -0.1) is 0 Å². The molecule has 0 spiro atoms. The lowest BCUT2D eigenvalue weighted by Gasteiger charge is -2.38. The molecular formula is C45H45N. The third kappa shape index (κ3) is 6.38. The van der Waals surface area contributed by atoms with Crippen LogP contribution in [0.4, 0.5) is 5.69 Å². The lowest BCUT2D eigenvalue weighted by Crippen LogP contribution is -2.38. The predicted octanol–water partition coefficient (Wildman–Crippen LogP) is 11.5. The van der Waals surface area contributed by atoms with Crippen LogP contribution >= 0.6 is 0 Å². The van der Waals surface area contributed by atoms with Crippen molar-refractivity contribution in [3.05, 3.63) is 192 Å². The molecule has 0 N–H and O–H groups in total. The first kappa shape index (κ1) is 30.1. The first-order valence-corrected chi connectivity index (χ1v) is 17.1. The zero-order valence-corrected chi connectivity index (χ0v) is 27.1. The highest BCUT2D eigenvalue weighted by Crippen LogP contribution is 2.44. The number of allylic oxidation sites excluding steroid dienone is 8. The van der Waals surface area contributed by atoms with E-state index in [1.165, 1.54) is 45.6 Å². The Hall–Kier alpha value is -4.62. The highest BCUT2D eigenvalue weighted by atomic mass is 15.2. The van der Waals surface area contributed by atoms with Gasteiger partial charge in [0.15, 0.2) is 0 Å². The number of rotatable bonds is 8. The van der Waals surface area contributed by atoms with Gasteiger partial charge in [-0.25, -0.2) is 0 Å². The minimum absolute atomic E-state index is 0.292. The van der Waals surface area contributed by atoms with E-state index in [-0.39, 0.29) is 0 Å². The number of benzene rings is 4. The standard InChI is InChI=1S/C45H45N/c1-33-31-40(45(37-15-7-3-8-16-37)38-17-9-4-10-18-38)27-29-43(33)36-25-23-35(24-26-36)39-28-30-44(34(2)32-39)46(41-19-11-5-12-20-41)42-21-13-6-14-22-42/h3-13,15-21,23-30,32-34,40,43-45H,14,22,31H2,1-2H3. The molecule has 0 bridgehead atoms. The van der Waals surface area contributed by atoms with Crippen LogP contribution in [0.3, 0.4) is 0 Å². The molecule has 0 radical (unpaired) electrons. The van der Waals surface area contributed by atoms with Gasteiger partial charge in [-0.2, -0.15) is 0 Å². The van der Waals surface area contributed by atoms with Crippen molar-refractivity contribution in [2.24, 2.45) is 17.8 Å². The van der Waals surface area contributed by atoms with E-state index in [0.29, 0.717) is 35.6 Å². The summed E-state index contributed by atoms with van der Waals surface area (Å²) in [6.07, 6.45) is 22.4. The molecule has 3 aliphatic rings. The Labute approximate surface area is 276 Å². The van der Waals surface area contributed by atoms with Crippen LogP contribution in [0.2, 0.25) is 0 Å². The summed E-state index contributed by atoms with van der Waals surface area (Å²) in [5.74, 6) is 2.25. The fraction of sp³-hybridized carbons (Fsp3) is 0.244. The maximum absolute atomic E-state index is 2.55. The van der Waals surface area contributed by atoms with Crippen molar-refractivity contribution in [3.8, 4) is 0 Å². The molecule has 0 aromatic heterocycles. The maximum atomic E-state index is 2.55. The molecule has 4 aromatic carbocycles. The molecule has 0 aliphatic heterocycles. The maximum Gasteiger partial charge on any atom is 0.0582 e. The van der Waals surface area contributed by atoms with Crippen LogP contribution < -0.4 is 4.90 Å². The van der Waals surface area contributed by atoms with E-state index in [2.05, 4.69) is 183 Å². The summed E-state index contributed by atoms with van der Waals surface area (Å²) in [6, 6.07) is 42.7. The molecule has 46 heavy (non-hydrogen) atoms. The van der Waals surface area contributed by atoms with Gasteiger partial charge in [0.1, 0.15) is 0 Å². The quantitative estimate of drug-likeness (QED) is 0.182. The first-order valence-electron chi connectivity index (χ1n) is 17.1. The van der Waals surface area contributed by atoms with Gasteiger partial charge in [0.2, 0.25) is 0 Å². The Morgan fingerprint density at radius 2 is 1.35 bits per heavy atom. The van der Waals surface area contributed by atoms with Gasteiger partial charge in [-0.1, -0.05) is 160 Å². The van der Waals surface area contributed by atoms with E-state index in [1.807, 2.05) is 0 Å². The van der Waals surface area contributed by atoms with Gasteiger partial charge in [0.25, 0.3) is 0 Å². The van der Waals surface area contributed by atoms with Crippen molar-refractivity contribution in [2.75, 3.05) is 4.90 Å². The number of para-hydroxylation sites is 1. The Bertz CT molecular complexity index is 1700. The van der Waals surface area contributed by atoms with E-state index in [4.69, 9.17) is 0 Å². The Balaban J connectivity index is 1.08. The van der Waals surface area contributed by atoms with Crippen molar-refractivity contribution in [3.63, 3.8) is 0 Å². The summed E-state index contributed by atoms with van der Waals surface area (Å²) in [5, 5.41) is 0. The molecular weight excluding hydrogens is 555 g/mol. The molecule has 4 aromatic rings. The molecule has 230 valence electrons. The van der Waals surface area contributed by atoms with Crippen molar-refractivity contribution in [2.45, 2.75) is 51.0 Å². The zero-order valence-electron chi connectivity index (χ0n) is 27.1. The highest BCUT2D eigenvalue weighted by Gasteiger charge is 2.31. The SMILES string of the molecule is CC1C=C(c2ccc(C3C=CC(C(c4ccccc4)c4ccccc4)CC3C)cc2)C=CC1N(C1=CC=CCC1)c1ccccc1. The molecule has 0 heterocycles. The fourth-order valence-electron chi connectivity index (χ4n) is 7.94. The summed E-state index contributed by atoms with van der Waals surface area (Å²) in [6.45, 7) is 4.80. The van der Waals surface area contributed by atoms with Gasteiger partial charge in [0, 0.05) is 23.2 Å². The van der Waals surface area contributed by atoms with Crippen LogP contribution in [0.1, 0.15) is 67.2 Å². The molecule has 1 nitrogen and oxygen atoms in total. The molecule has 5 unspecified atom stereocenters. The lowest BCUT2D eigenvalue weighted by molar-refractivity contribution is 0.368. The van der Waals surface area contributed by atoms with E-state index < -0.39 is 0 Å². The molecule has 0 saturated carbocycles. The van der Waals surface area contributed by atoms with Crippen LogP contribution in [0, 0.1) is 17.8 Å². The minimum atomic E-state index is 0.292. The van der Waals surface area contributed by atoms with E-state index in [0.717, 1.165) is 12.8 Å². The third-order valence-electron chi connectivity index (χ3n) is 10.3. The van der Waals surface area contributed by atoms with E-state index in [9.17, 15) is 0 Å². The summed E-state index contributed by atoms with van der Waals surface area (Å²) < 4.78 is 0. The van der Waals surface area contributed by atoms with Crippen LogP contribution in [-0.4, -0.2) is 6.04 Å². The summed E-state index contributed by atoms with van der Waals surface area (Å²) in [5.41, 5.74) is 9.51. The third-order valence-corrected chi connectivity index (χ3v) is 10.3. The van der Waals surface area contributed by atoms with Crippen molar-refractivity contribution in [1.29, 1.82) is 0 Å². The van der Waals surface area contributed by atoms with Gasteiger partial charge >= 0.3 is 0 Å². The second-order valence-corrected chi connectivity index (χ2v) is 13.4. The number of nitrogens with zero attached hydrogens (tertiary/aromatic N) is 1. The molecule has 7 rings (SSSR count). The van der Waals surface area contributed by atoms with Crippen molar-refractivity contribution < 1.29 is 0 Å². The average molecular weight is 600 g/mol. The molecule has 1 heteroatoms. The fourth-order valence-corrected chi connectivity index (χ4v) is 7.94. The predicted molar refractivity (Wildman–Crippen MR) is 196 cm³/mol. The lowest BCUT2D eigenvalue weighted by atomic mass is 9.69. The first-order chi connectivity index (χ1) is 22.7. The second-order valence-electron chi connectivity index (χ2n) is 13.4. The average Bonchev–Trinajstić information content (AvgIpc) is 3.11. The van der Waals surface area contributed by atoms with Crippen LogP contribution in [0.5, 0.6) is 0 Å². The monoisotopic (exact) mass is 599 g/mol. The molecule has 0 amide bonds. The number of hydrogen-bond donors (Lipinski definition) is 0. The van der Waals surface area contributed by atoms with E-state index >= 15 is 0 Å². The molecule has 0 saturated heterocycles. The normalized spacial score (nSPS) is 24.0. The van der Waals surface area contributed by atoms with Crippen LogP contribution in [0.15, 0.2) is 170 Å². The zero-order chi connectivity index (χ0) is 31.3. The van der Waals surface area contributed by atoms with Gasteiger partial charge < -0.3 is 4.90 Å². The Morgan fingerprint density at radius 3 is 1.93 bits per heavy atom. The summed E-state index contributed by atoms with van der Waals surface area (Å²) in [4.78, 5) is 2.55. The van der Waals surface area contributed by atoms with Crippen molar-refractivity contribution in [1.82, 2.24) is 0 Å². The molecule has 3 aliphatic carbocycles. The number of anilines is 1. The minimum Gasteiger partial charge on any atom is -0.338 e. The largest absolute Gasteiger partial charge is 0.338 e. The summed E-state index contributed by atoms with van der Waals surface area (Å²) in [7, 11) is 0. The molecule has 0 fully saturated rings. The van der Waals surface area contributed by atoms with Gasteiger partial charge in [0.05, 0.1) is 6.04 Å². The van der Waals surface area contributed by atoms with Crippen LogP contribution in [-0.2, 0) is 0 Å². The Kier molecular flexibility index (Phi) is 9.01.